The topological polar surface area (TPSA) is 71.1 Å². The lowest BCUT2D eigenvalue weighted by Gasteiger charge is -2.59. The van der Waals surface area contributed by atoms with Crippen LogP contribution in [0.5, 0.6) is 0 Å². The molecule has 0 amide bonds. The number of carbonyl (C=O) groups excluding carboxylic acids is 1. The number of esters is 1. The average Bonchev–Trinajstić information content (AvgIpc) is 3.11. The number of rotatable bonds is 11. The van der Waals surface area contributed by atoms with Crippen molar-refractivity contribution in [3.8, 4) is 0 Å². The molecule has 0 aliphatic heterocycles. The summed E-state index contributed by atoms with van der Waals surface area (Å²) in [5.74, 6) is -0.471. The van der Waals surface area contributed by atoms with E-state index < -0.39 is 47.2 Å². The van der Waals surface area contributed by atoms with Crippen LogP contribution in [-0.2, 0) is 54.3 Å². The van der Waals surface area contributed by atoms with Crippen molar-refractivity contribution in [2.45, 2.75) is 72.4 Å². The molecule has 0 saturated heterocycles. The van der Waals surface area contributed by atoms with Gasteiger partial charge in [-0.15, -0.1) is 0 Å². The van der Waals surface area contributed by atoms with Crippen LogP contribution in [0.25, 0.3) is 0 Å². The third kappa shape index (κ3) is 7.40. The fourth-order valence-corrected chi connectivity index (χ4v) is 10.4. The molecule has 3 atom stereocenters. The van der Waals surface area contributed by atoms with Crippen LogP contribution in [0.15, 0.2) is 109 Å². The van der Waals surface area contributed by atoms with Crippen LogP contribution in [0, 0.1) is 0 Å². The number of hydrogen-bond acceptors (Lipinski definition) is 6. The van der Waals surface area contributed by atoms with Gasteiger partial charge in [0.15, 0.2) is 5.60 Å². The quantitative estimate of drug-likeness (QED) is 0.0651. The molecule has 4 aromatic carbocycles. The molecular formula is C38H37F3IO6P. The molecule has 0 radical (unpaired) electrons. The summed E-state index contributed by atoms with van der Waals surface area (Å²) in [6, 6.07) is 32.6. The van der Waals surface area contributed by atoms with E-state index in [1.165, 1.54) is 7.11 Å². The molecule has 6 nitrogen and oxygen atoms in total. The van der Waals surface area contributed by atoms with Crippen molar-refractivity contribution in [1.29, 1.82) is 0 Å². The monoisotopic (exact) mass is 804 g/mol. The Hall–Kier alpha value is -3.02. The van der Waals surface area contributed by atoms with Crippen LogP contribution in [0.1, 0.15) is 63.9 Å². The highest BCUT2D eigenvalue weighted by molar-refractivity contribution is 14.1. The molecule has 258 valence electrons. The Bertz CT molecular complexity index is 1760. The van der Waals surface area contributed by atoms with E-state index in [1.807, 2.05) is 36.4 Å². The largest absolute Gasteiger partial charge is 0.476 e. The number of halogens is 4. The van der Waals surface area contributed by atoms with Crippen molar-refractivity contribution in [3.63, 3.8) is 0 Å². The van der Waals surface area contributed by atoms with E-state index in [2.05, 4.69) is 22.6 Å². The van der Waals surface area contributed by atoms with Crippen LogP contribution in [0.2, 0.25) is 0 Å². The predicted molar refractivity (Wildman–Crippen MR) is 188 cm³/mol. The molecule has 4 aromatic rings. The van der Waals surface area contributed by atoms with Gasteiger partial charge in [-0.05, 0) is 72.1 Å². The summed E-state index contributed by atoms with van der Waals surface area (Å²) in [6.07, 6.45) is -4.48. The van der Waals surface area contributed by atoms with Gasteiger partial charge in [0.2, 0.25) is 0 Å². The maximum absolute atomic E-state index is 15.6. The SMILES string of the molecule is COC(=O)c1ccc2c(c1)CC[C@]1(I)C[C@@](OP(=O)(OCc3ccccc3)OCc3ccccc3)(C(F)(F)F)CC[C@@]21Cc1ccccc1. The smallest absolute Gasteiger partial charge is 0.465 e. The Morgan fingerprint density at radius 2 is 1.35 bits per heavy atom. The van der Waals surface area contributed by atoms with E-state index >= 15 is 13.2 Å². The molecule has 0 spiro atoms. The summed E-state index contributed by atoms with van der Waals surface area (Å²) in [6.45, 7) is -0.520. The van der Waals surface area contributed by atoms with Crippen LogP contribution < -0.4 is 0 Å². The minimum absolute atomic E-state index is 0.0757. The van der Waals surface area contributed by atoms with Gasteiger partial charge in [0.25, 0.3) is 0 Å². The number of benzene rings is 4. The van der Waals surface area contributed by atoms with Crippen LogP contribution in [0.3, 0.4) is 0 Å². The summed E-state index contributed by atoms with van der Waals surface area (Å²) in [5.41, 5.74) is 0.850. The molecule has 0 aromatic heterocycles. The van der Waals surface area contributed by atoms with Gasteiger partial charge in [-0.2, -0.15) is 13.2 Å². The number of alkyl halides is 4. The first-order valence-corrected chi connectivity index (χ1v) is 18.6. The molecule has 0 unspecified atom stereocenters. The zero-order chi connectivity index (χ0) is 34.8. The van der Waals surface area contributed by atoms with Crippen molar-refractivity contribution in [3.05, 3.63) is 143 Å². The van der Waals surface area contributed by atoms with E-state index in [1.54, 1.807) is 72.8 Å². The van der Waals surface area contributed by atoms with Gasteiger partial charge in [0.1, 0.15) is 0 Å². The number of carbonyl (C=O) groups is 1. The highest BCUT2D eigenvalue weighted by Crippen LogP contribution is 2.67. The lowest BCUT2D eigenvalue weighted by Crippen LogP contribution is -2.64. The number of phosphoric acid groups is 1. The zero-order valence-electron chi connectivity index (χ0n) is 27.0. The lowest BCUT2D eigenvalue weighted by molar-refractivity contribution is -0.270. The van der Waals surface area contributed by atoms with Gasteiger partial charge in [-0.25, -0.2) is 9.36 Å². The molecule has 6 rings (SSSR count). The molecule has 11 heteroatoms. The number of phosphoric ester groups is 1. The Balaban J connectivity index is 1.39. The Morgan fingerprint density at radius 1 is 0.796 bits per heavy atom. The van der Waals surface area contributed by atoms with Crippen molar-refractivity contribution >= 4 is 36.4 Å². The standard InChI is InChI=1S/C38H37F3IO6P/c1-45-34(43)32-17-18-33-31(23-32)19-20-36(42)27-37(38(39,40)41,22-21-35(33,36)24-28-11-5-2-6-12-28)48-49(44,46-25-29-13-7-3-8-14-29)47-26-30-15-9-4-10-16-30/h2-18,23H,19-22,24-27H2,1H3/t35-,36+,37-/m1/s1. The second-order valence-electron chi connectivity index (χ2n) is 12.8. The minimum atomic E-state index is -4.90. The zero-order valence-corrected chi connectivity index (χ0v) is 30.0. The Kier molecular flexibility index (Phi) is 10.5. The number of aryl methyl sites for hydroxylation is 1. The van der Waals surface area contributed by atoms with Gasteiger partial charge in [0, 0.05) is 15.3 Å². The van der Waals surface area contributed by atoms with Crippen LogP contribution >= 0.6 is 30.4 Å². The second kappa shape index (κ2) is 14.3. The number of methoxy groups -OCH3 is 1. The summed E-state index contributed by atoms with van der Waals surface area (Å²) < 4.78 is 82.5. The third-order valence-corrected chi connectivity index (χ3v) is 13.2. The average molecular weight is 805 g/mol. The number of ether oxygens (including phenoxy) is 1. The first-order valence-electron chi connectivity index (χ1n) is 16.1. The first-order chi connectivity index (χ1) is 23.4. The van der Waals surface area contributed by atoms with E-state index in [-0.39, 0.29) is 19.6 Å². The van der Waals surface area contributed by atoms with E-state index in [0.29, 0.717) is 36.0 Å². The predicted octanol–water partition coefficient (Wildman–Crippen LogP) is 10.1. The van der Waals surface area contributed by atoms with Crippen LogP contribution in [0.4, 0.5) is 13.2 Å². The van der Waals surface area contributed by atoms with Crippen molar-refractivity contribution in [2.75, 3.05) is 7.11 Å². The molecular weight excluding hydrogens is 767 g/mol. The Morgan fingerprint density at radius 3 is 1.88 bits per heavy atom. The molecule has 1 saturated carbocycles. The number of hydrogen-bond donors (Lipinski definition) is 0. The molecule has 49 heavy (non-hydrogen) atoms. The van der Waals surface area contributed by atoms with E-state index in [9.17, 15) is 9.36 Å². The summed E-state index contributed by atoms with van der Waals surface area (Å²) in [5, 5.41) is 0. The molecule has 0 heterocycles. The summed E-state index contributed by atoms with van der Waals surface area (Å²) in [7, 11) is -3.49. The Labute approximate surface area is 298 Å². The molecule has 0 N–H and O–H groups in total. The molecule has 2 aliphatic carbocycles. The summed E-state index contributed by atoms with van der Waals surface area (Å²) >= 11 is 2.21. The number of fused-ring (bicyclic) bond motifs is 3. The minimum Gasteiger partial charge on any atom is -0.465 e. The second-order valence-corrected chi connectivity index (χ2v) is 16.5. The maximum Gasteiger partial charge on any atom is 0.476 e. The fourth-order valence-electron chi connectivity index (χ4n) is 7.32. The molecule has 2 aliphatic rings. The van der Waals surface area contributed by atoms with Crippen molar-refractivity contribution in [2.24, 2.45) is 0 Å². The maximum atomic E-state index is 15.6. The van der Waals surface area contributed by atoms with Crippen LogP contribution in [-0.4, -0.2) is 28.3 Å². The fraction of sp³-hybridized carbons (Fsp3) is 0.342. The molecule has 1 fully saturated rings. The van der Waals surface area contributed by atoms with Gasteiger partial charge in [-0.3, -0.25) is 13.6 Å². The van der Waals surface area contributed by atoms with Crippen molar-refractivity contribution in [1.82, 2.24) is 0 Å². The highest BCUT2D eigenvalue weighted by atomic mass is 127. The third-order valence-electron chi connectivity index (χ3n) is 9.83. The highest BCUT2D eigenvalue weighted by Gasteiger charge is 2.69. The van der Waals surface area contributed by atoms with Crippen molar-refractivity contribution < 1.29 is 40.8 Å². The van der Waals surface area contributed by atoms with E-state index in [0.717, 1.165) is 16.7 Å². The van der Waals surface area contributed by atoms with Gasteiger partial charge in [-0.1, -0.05) is 120 Å². The van der Waals surface area contributed by atoms with Gasteiger partial charge >= 0.3 is 20.0 Å². The van der Waals surface area contributed by atoms with Gasteiger partial charge in [0.05, 0.1) is 25.9 Å². The first kappa shape index (κ1) is 35.8. The summed E-state index contributed by atoms with van der Waals surface area (Å²) in [4.78, 5) is 12.4. The normalized spacial score (nSPS) is 23.7. The van der Waals surface area contributed by atoms with Gasteiger partial charge < -0.3 is 4.74 Å². The lowest BCUT2D eigenvalue weighted by atomic mass is 9.52. The molecule has 0 bridgehead atoms. The van der Waals surface area contributed by atoms with E-state index in [4.69, 9.17) is 18.3 Å².